The monoisotopic (exact) mass is 488 g/mol. The fraction of sp³-hybridized carbons (Fsp3) is 0.360. The van der Waals surface area contributed by atoms with Crippen LogP contribution in [0.5, 0.6) is 17.2 Å². The lowest BCUT2D eigenvalue weighted by molar-refractivity contribution is -0.140. The maximum absolute atomic E-state index is 13.2. The number of nitrogens with zero attached hydrogens (tertiary/aromatic N) is 2. The molecule has 1 saturated heterocycles. The molecule has 1 N–H and O–H groups in total. The molecule has 0 radical (unpaired) electrons. The highest BCUT2D eigenvalue weighted by Crippen LogP contribution is 2.43. The number of aliphatic hydroxyl groups is 1. The molecule has 1 aliphatic heterocycles. The van der Waals surface area contributed by atoms with Gasteiger partial charge < -0.3 is 29.1 Å². The van der Waals surface area contributed by atoms with Crippen LogP contribution >= 0.6 is 11.6 Å². The van der Waals surface area contributed by atoms with Gasteiger partial charge in [0.25, 0.3) is 11.7 Å². The van der Waals surface area contributed by atoms with Crippen LogP contribution in [0.3, 0.4) is 0 Å². The molecule has 182 valence electrons. The highest BCUT2D eigenvalue weighted by Gasteiger charge is 2.46. The molecule has 1 unspecified atom stereocenters. The van der Waals surface area contributed by atoms with Crippen molar-refractivity contribution in [1.82, 2.24) is 9.80 Å². The number of aliphatic hydroxyl groups excluding tert-OH is 1. The van der Waals surface area contributed by atoms with Gasteiger partial charge in [-0.3, -0.25) is 9.59 Å². The minimum absolute atomic E-state index is 0.0445. The summed E-state index contributed by atoms with van der Waals surface area (Å²) in [4.78, 5) is 29.7. The van der Waals surface area contributed by atoms with Crippen LogP contribution in [0.25, 0.3) is 5.76 Å². The van der Waals surface area contributed by atoms with Crippen molar-refractivity contribution in [3.05, 3.63) is 58.1 Å². The van der Waals surface area contributed by atoms with Crippen molar-refractivity contribution < 1.29 is 28.9 Å². The summed E-state index contributed by atoms with van der Waals surface area (Å²) in [5, 5.41) is 11.6. The molecular weight excluding hydrogens is 460 g/mol. The first-order chi connectivity index (χ1) is 16.2. The normalized spacial score (nSPS) is 17.4. The number of rotatable bonds is 9. The van der Waals surface area contributed by atoms with Crippen molar-refractivity contribution in [3.63, 3.8) is 0 Å². The zero-order valence-electron chi connectivity index (χ0n) is 19.9. The predicted octanol–water partition coefficient (Wildman–Crippen LogP) is 3.74. The highest BCUT2D eigenvalue weighted by molar-refractivity contribution is 6.46. The van der Waals surface area contributed by atoms with Crippen LogP contribution in [0.2, 0.25) is 5.02 Å². The number of hydrogen-bond acceptors (Lipinski definition) is 7. The first-order valence-corrected chi connectivity index (χ1v) is 11.2. The fourth-order valence-electron chi connectivity index (χ4n) is 3.90. The molecule has 1 heterocycles. The second kappa shape index (κ2) is 10.8. The average Bonchev–Trinajstić information content (AvgIpc) is 3.07. The Bertz CT molecular complexity index is 1110. The number of carbonyl (C=O) groups is 2. The molecular formula is C25H29ClN2O6. The summed E-state index contributed by atoms with van der Waals surface area (Å²) in [7, 11) is 6.65. The Kier molecular flexibility index (Phi) is 8.06. The molecule has 1 atom stereocenters. The van der Waals surface area contributed by atoms with Crippen molar-refractivity contribution in [2.45, 2.75) is 13.0 Å². The van der Waals surface area contributed by atoms with Gasteiger partial charge in [0.05, 0.1) is 43.0 Å². The first-order valence-electron chi connectivity index (χ1n) is 10.8. The highest BCUT2D eigenvalue weighted by atomic mass is 35.5. The van der Waals surface area contributed by atoms with Crippen LogP contribution in [0, 0.1) is 0 Å². The minimum Gasteiger partial charge on any atom is -0.507 e. The van der Waals surface area contributed by atoms with E-state index in [2.05, 4.69) is 0 Å². The predicted molar refractivity (Wildman–Crippen MR) is 130 cm³/mol. The van der Waals surface area contributed by atoms with Crippen molar-refractivity contribution >= 4 is 29.1 Å². The van der Waals surface area contributed by atoms with Gasteiger partial charge in [-0.25, -0.2) is 0 Å². The average molecular weight is 489 g/mol. The molecule has 34 heavy (non-hydrogen) atoms. The van der Waals surface area contributed by atoms with E-state index in [-0.39, 0.29) is 27.7 Å². The number of hydrogen-bond donors (Lipinski definition) is 1. The standard InChI is InChI=1S/C25H29ClN2O6/c1-6-34-16-9-7-8-15(12-16)22-21(24(30)25(31)28(22)11-10-27(2)3)23(29)17-13-18(26)20(33-5)14-19(17)32-4/h7-9,12-14,22,29H,6,10-11H2,1-5H3/b23-21+. The third-order valence-electron chi connectivity index (χ3n) is 5.54. The summed E-state index contributed by atoms with van der Waals surface area (Å²) in [6.07, 6.45) is 0. The summed E-state index contributed by atoms with van der Waals surface area (Å²) < 4.78 is 16.3. The van der Waals surface area contributed by atoms with Crippen LogP contribution < -0.4 is 14.2 Å². The molecule has 0 spiro atoms. The van der Waals surface area contributed by atoms with Gasteiger partial charge >= 0.3 is 0 Å². The summed E-state index contributed by atoms with van der Waals surface area (Å²) in [6.45, 7) is 3.16. The summed E-state index contributed by atoms with van der Waals surface area (Å²) in [5.74, 6) is -0.643. The van der Waals surface area contributed by atoms with E-state index >= 15 is 0 Å². The van der Waals surface area contributed by atoms with E-state index in [1.54, 1.807) is 24.3 Å². The number of ether oxygens (including phenoxy) is 3. The largest absolute Gasteiger partial charge is 0.507 e. The first kappa shape index (κ1) is 25.4. The molecule has 1 aliphatic rings. The van der Waals surface area contributed by atoms with E-state index in [1.807, 2.05) is 25.9 Å². The summed E-state index contributed by atoms with van der Waals surface area (Å²) in [5.41, 5.74) is 0.783. The Hall–Kier alpha value is -3.23. The Balaban J connectivity index is 2.23. The van der Waals surface area contributed by atoms with Gasteiger partial charge in [-0.05, 0) is 44.8 Å². The molecule has 0 saturated carbocycles. The SMILES string of the molecule is CCOc1cccc(C2/C(=C(\O)c3cc(Cl)c(OC)cc3OC)C(=O)C(=O)N2CCN(C)C)c1. The number of ketones is 1. The minimum atomic E-state index is -0.814. The Morgan fingerprint density at radius 2 is 1.82 bits per heavy atom. The van der Waals surface area contributed by atoms with Gasteiger partial charge in [-0.2, -0.15) is 0 Å². The molecule has 0 aliphatic carbocycles. The number of carbonyl (C=O) groups excluding carboxylic acids is 2. The van der Waals surface area contributed by atoms with E-state index in [4.69, 9.17) is 25.8 Å². The second-order valence-electron chi connectivity index (χ2n) is 7.99. The number of halogens is 1. The molecule has 0 aromatic heterocycles. The van der Waals surface area contributed by atoms with Crippen LogP contribution in [0.1, 0.15) is 24.1 Å². The molecule has 2 aromatic carbocycles. The van der Waals surface area contributed by atoms with E-state index in [1.165, 1.54) is 31.3 Å². The van der Waals surface area contributed by atoms with Crippen molar-refractivity contribution in [2.24, 2.45) is 0 Å². The second-order valence-corrected chi connectivity index (χ2v) is 8.40. The van der Waals surface area contributed by atoms with Gasteiger partial charge in [0.2, 0.25) is 0 Å². The molecule has 0 bridgehead atoms. The lowest BCUT2D eigenvalue weighted by Gasteiger charge is -2.27. The molecule has 9 heteroatoms. The summed E-state index contributed by atoms with van der Waals surface area (Å²) >= 11 is 6.30. The lowest BCUT2D eigenvalue weighted by atomic mass is 9.94. The molecule has 1 fully saturated rings. The van der Waals surface area contributed by atoms with Crippen molar-refractivity contribution in [2.75, 3.05) is 48.0 Å². The number of Topliss-reactive ketones (excluding diaryl/α,β-unsaturated/α-hetero) is 1. The number of likely N-dealkylation sites (tertiary alicyclic amines) is 1. The van der Waals surface area contributed by atoms with E-state index in [0.717, 1.165) is 0 Å². The molecule has 2 aromatic rings. The topological polar surface area (TPSA) is 88.5 Å². The maximum atomic E-state index is 13.2. The van der Waals surface area contributed by atoms with Gasteiger partial charge in [-0.1, -0.05) is 23.7 Å². The third kappa shape index (κ3) is 4.98. The van der Waals surface area contributed by atoms with E-state index in [0.29, 0.717) is 36.8 Å². The van der Waals surface area contributed by atoms with Gasteiger partial charge in [-0.15, -0.1) is 0 Å². The third-order valence-corrected chi connectivity index (χ3v) is 5.84. The Morgan fingerprint density at radius 3 is 2.44 bits per heavy atom. The summed E-state index contributed by atoms with van der Waals surface area (Å²) in [6, 6.07) is 9.31. The van der Waals surface area contributed by atoms with Gasteiger partial charge in [0.1, 0.15) is 23.0 Å². The zero-order chi connectivity index (χ0) is 25.0. The Morgan fingerprint density at radius 1 is 1.12 bits per heavy atom. The van der Waals surface area contributed by atoms with E-state index < -0.39 is 17.7 Å². The Labute approximate surface area is 204 Å². The number of benzene rings is 2. The van der Waals surface area contributed by atoms with Gasteiger partial charge in [0.15, 0.2) is 0 Å². The fourth-order valence-corrected chi connectivity index (χ4v) is 4.14. The van der Waals surface area contributed by atoms with Crippen LogP contribution in [-0.4, -0.2) is 74.6 Å². The van der Waals surface area contributed by atoms with Crippen molar-refractivity contribution in [1.29, 1.82) is 0 Å². The van der Waals surface area contributed by atoms with Crippen LogP contribution in [0.15, 0.2) is 42.0 Å². The van der Waals surface area contributed by atoms with Crippen LogP contribution in [-0.2, 0) is 9.59 Å². The zero-order valence-corrected chi connectivity index (χ0v) is 20.7. The van der Waals surface area contributed by atoms with Crippen molar-refractivity contribution in [3.8, 4) is 17.2 Å². The number of methoxy groups -OCH3 is 2. The quantitative estimate of drug-likeness (QED) is 0.327. The maximum Gasteiger partial charge on any atom is 0.295 e. The smallest absolute Gasteiger partial charge is 0.295 e. The number of likely N-dealkylation sites (N-methyl/N-ethyl adjacent to an activating group) is 1. The van der Waals surface area contributed by atoms with Gasteiger partial charge in [0, 0.05) is 19.2 Å². The number of amides is 1. The lowest BCUT2D eigenvalue weighted by Crippen LogP contribution is -2.35. The molecule has 3 rings (SSSR count). The molecule has 1 amide bonds. The van der Waals surface area contributed by atoms with E-state index in [9.17, 15) is 14.7 Å². The molecule has 8 nitrogen and oxygen atoms in total. The van der Waals surface area contributed by atoms with Crippen LogP contribution in [0.4, 0.5) is 0 Å².